The number of benzene rings is 1. The number of thioether (sulfide) groups is 1. The van der Waals surface area contributed by atoms with Crippen molar-refractivity contribution in [3.05, 3.63) is 28.7 Å². The van der Waals surface area contributed by atoms with E-state index < -0.39 is 0 Å². The van der Waals surface area contributed by atoms with Gasteiger partial charge in [0.1, 0.15) is 0 Å². The maximum atomic E-state index is 3.53. The molecular formula is C12H19BrS. The van der Waals surface area contributed by atoms with Crippen molar-refractivity contribution in [1.29, 1.82) is 0 Å². The Morgan fingerprint density at radius 1 is 1.07 bits per heavy atom. The van der Waals surface area contributed by atoms with Gasteiger partial charge in [0, 0.05) is 14.1 Å². The molecule has 0 spiro atoms. The molecule has 0 atom stereocenters. The van der Waals surface area contributed by atoms with E-state index in [0.29, 0.717) is 0 Å². The zero-order valence-corrected chi connectivity index (χ0v) is 12.0. The summed E-state index contributed by atoms with van der Waals surface area (Å²) in [4.78, 5) is 1.31. The van der Waals surface area contributed by atoms with Crippen molar-refractivity contribution in [1.82, 2.24) is 0 Å². The van der Waals surface area contributed by atoms with Gasteiger partial charge in [-0.2, -0.15) is 0 Å². The van der Waals surface area contributed by atoms with Gasteiger partial charge in [-0.3, -0.25) is 0 Å². The molecule has 1 rings (SSSR count). The third-order valence-electron chi connectivity index (χ3n) is 1.25. The van der Waals surface area contributed by atoms with Crippen LogP contribution < -0.4 is 0 Å². The van der Waals surface area contributed by atoms with Gasteiger partial charge >= 0.3 is 0 Å². The summed E-state index contributed by atoms with van der Waals surface area (Å²) in [5.41, 5.74) is 0. The highest BCUT2D eigenvalue weighted by atomic mass is 79.9. The lowest BCUT2D eigenvalue weighted by molar-refractivity contribution is 0.802. The monoisotopic (exact) mass is 274 g/mol. The minimum atomic E-state index is 0.282. The molecule has 0 amide bonds. The molecule has 80 valence electrons. The minimum Gasteiger partial charge on any atom is -0.119 e. The summed E-state index contributed by atoms with van der Waals surface area (Å²) in [6, 6.07) is 8.32. The van der Waals surface area contributed by atoms with Gasteiger partial charge in [-0.25, -0.2) is 0 Å². The highest BCUT2D eigenvalue weighted by Crippen LogP contribution is 2.35. The minimum absolute atomic E-state index is 0.282. The van der Waals surface area contributed by atoms with Crippen LogP contribution in [0.2, 0.25) is 0 Å². The predicted molar refractivity (Wildman–Crippen MR) is 71.1 cm³/mol. The van der Waals surface area contributed by atoms with Gasteiger partial charge in [-0.1, -0.05) is 46.8 Å². The molecule has 0 heterocycles. The predicted octanol–water partition coefficient (Wildman–Crippen LogP) is 5.37. The first-order valence-electron chi connectivity index (χ1n) is 4.92. The molecular weight excluding hydrogens is 256 g/mol. The van der Waals surface area contributed by atoms with Crippen LogP contribution in [0.3, 0.4) is 0 Å². The summed E-state index contributed by atoms with van der Waals surface area (Å²) in [5.74, 6) is 0. The second kappa shape index (κ2) is 6.52. The quantitative estimate of drug-likeness (QED) is 0.621. The number of hydrogen-bond donors (Lipinski definition) is 0. The van der Waals surface area contributed by atoms with Crippen molar-refractivity contribution in [2.24, 2.45) is 0 Å². The molecule has 0 bridgehead atoms. The first-order valence-corrected chi connectivity index (χ1v) is 6.53. The molecule has 0 aliphatic carbocycles. The maximum absolute atomic E-state index is 3.53. The Bertz CT molecular complexity index is 263. The Hall–Kier alpha value is 0.0500. The van der Waals surface area contributed by atoms with Crippen LogP contribution in [0.15, 0.2) is 33.6 Å². The maximum Gasteiger partial charge on any atom is 0.0311 e. The largest absolute Gasteiger partial charge is 0.119 e. The van der Waals surface area contributed by atoms with Crippen molar-refractivity contribution >= 4 is 27.7 Å². The van der Waals surface area contributed by atoms with Gasteiger partial charge < -0.3 is 0 Å². The van der Waals surface area contributed by atoms with E-state index in [4.69, 9.17) is 0 Å². The lowest BCUT2D eigenvalue weighted by atomic mass is 10.3. The van der Waals surface area contributed by atoms with E-state index in [-0.39, 0.29) is 4.75 Å². The summed E-state index contributed by atoms with van der Waals surface area (Å²) in [6.45, 7) is 10.7. The molecule has 0 aliphatic heterocycles. The van der Waals surface area contributed by atoms with Crippen LogP contribution in [-0.4, -0.2) is 4.75 Å². The number of halogens is 1. The Morgan fingerprint density at radius 2 is 1.57 bits per heavy atom. The molecule has 1 aromatic carbocycles. The third-order valence-corrected chi connectivity index (χ3v) is 3.40. The van der Waals surface area contributed by atoms with Crippen LogP contribution in [0.5, 0.6) is 0 Å². The molecule has 0 saturated heterocycles. The molecule has 2 heteroatoms. The zero-order valence-electron chi connectivity index (χ0n) is 9.60. The molecule has 14 heavy (non-hydrogen) atoms. The van der Waals surface area contributed by atoms with E-state index in [2.05, 4.69) is 54.9 Å². The fourth-order valence-corrected chi connectivity index (χ4v) is 2.36. The standard InChI is InChI=1S/C10H13BrS.C2H6/c1-10(2,3)12-9-7-5-4-6-8(9)11;1-2/h4-7H,1-3H3;1-2H3. The van der Waals surface area contributed by atoms with Crippen molar-refractivity contribution in [2.75, 3.05) is 0 Å². The molecule has 0 aliphatic rings. The molecule has 0 unspecified atom stereocenters. The van der Waals surface area contributed by atoms with Crippen molar-refractivity contribution in [3.8, 4) is 0 Å². The highest BCUT2D eigenvalue weighted by Gasteiger charge is 2.13. The van der Waals surface area contributed by atoms with Gasteiger partial charge in [0.2, 0.25) is 0 Å². The lowest BCUT2D eigenvalue weighted by Crippen LogP contribution is -2.06. The van der Waals surface area contributed by atoms with Crippen LogP contribution in [0.25, 0.3) is 0 Å². The number of hydrogen-bond acceptors (Lipinski definition) is 1. The van der Waals surface area contributed by atoms with Crippen LogP contribution in [0, 0.1) is 0 Å². The van der Waals surface area contributed by atoms with E-state index in [1.165, 1.54) is 9.37 Å². The van der Waals surface area contributed by atoms with Crippen LogP contribution in [-0.2, 0) is 0 Å². The summed E-state index contributed by atoms with van der Waals surface area (Å²) in [7, 11) is 0. The van der Waals surface area contributed by atoms with Gasteiger partial charge in [-0.15, -0.1) is 11.8 Å². The Labute approximate surface area is 101 Å². The van der Waals surface area contributed by atoms with Gasteiger partial charge in [-0.05, 0) is 28.1 Å². The van der Waals surface area contributed by atoms with Crippen LogP contribution in [0.1, 0.15) is 34.6 Å². The molecule has 0 N–H and O–H groups in total. The summed E-state index contributed by atoms with van der Waals surface area (Å²) in [6.07, 6.45) is 0. The van der Waals surface area contributed by atoms with Gasteiger partial charge in [0.25, 0.3) is 0 Å². The molecule has 0 saturated carbocycles. The van der Waals surface area contributed by atoms with E-state index in [9.17, 15) is 0 Å². The van der Waals surface area contributed by atoms with Gasteiger partial charge in [0.15, 0.2) is 0 Å². The molecule has 1 aromatic rings. The lowest BCUT2D eigenvalue weighted by Gasteiger charge is -2.18. The van der Waals surface area contributed by atoms with Crippen LogP contribution in [0.4, 0.5) is 0 Å². The second-order valence-electron chi connectivity index (χ2n) is 3.64. The Morgan fingerprint density at radius 3 is 2.00 bits per heavy atom. The normalized spacial score (nSPS) is 10.4. The average molecular weight is 275 g/mol. The second-order valence-corrected chi connectivity index (χ2v) is 6.37. The first kappa shape index (κ1) is 14.1. The summed E-state index contributed by atoms with van der Waals surface area (Å²) in [5, 5.41) is 0. The van der Waals surface area contributed by atoms with Crippen LogP contribution >= 0.6 is 27.7 Å². The van der Waals surface area contributed by atoms with E-state index >= 15 is 0 Å². The zero-order chi connectivity index (χ0) is 11.2. The fraction of sp³-hybridized carbons (Fsp3) is 0.500. The van der Waals surface area contributed by atoms with Gasteiger partial charge in [0.05, 0.1) is 0 Å². The smallest absolute Gasteiger partial charge is 0.0311 e. The summed E-state index contributed by atoms with van der Waals surface area (Å²) >= 11 is 5.41. The molecule has 0 nitrogen and oxygen atoms in total. The molecule has 0 aromatic heterocycles. The third kappa shape index (κ3) is 5.71. The highest BCUT2D eigenvalue weighted by molar-refractivity contribution is 9.10. The topological polar surface area (TPSA) is 0 Å². The Balaban J connectivity index is 0.000000791. The summed E-state index contributed by atoms with van der Waals surface area (Å²) < 4.78 is 1.47. The van der Waals surface area contributed by atoms with Crippen molar-refractivity contribution in [3.63, 3.8) is 0 Å². The van der Waals surface area contributed by atoms with Crippen molar-refractivity contribution in [2.45, 2.75) is 44.3 Å². The van der Waals surface area contributed by atoms with E-state index in [0.717, 1.165) is 0 Å². The average Bonchev–Trinajstić information content (AvgIpc) is 2.10. The van der Waals surface area contributed by atoms with Crippen molar-refractivity contribution < 1.29 is 0 Å². The first-order chi connectivity index (χ1) is 6.49. The SMILES string of the molecule is CC.CC(C)(C)Sc1ccccc1Br. The molecule has 0 radical (unpaired) electrons. The van der Waals surface area contributed by atoms with E-state index in [1.54, 1.807) is 0 Å². The fourth-order valence-electron chi connectivity index (χ4n) is 0.857. The number of rotatable bonds is 1. The molecule has 0 fully saturated rings. The van der Waals surface area contributed by atoms with E-state index in [1.807, 2.05) is 31.7 Å². The Kier molecular flexibility index (Phi) is 6.54.